The number of nitrogens with one attached hydrogen (secondary N) is 2. The fraction of sp³-hybridized carbons (Fsp3) is 0.167. The average molecular weight is 361 g/mol. The minimum absolute atomic E-state index is 0.230. The molecule has 0 radical (unpaired) electrons. The minimum atomic E-state index is -0.498. The highest BCUT2D eigenvalue weighted by Crippen LogP contribution is 2.18. The molecule has 2 aromatic rings. The molecule has 0 unspecified atom stereocenters. The number of halogens is 1. The first-order chi connectivity index (χ1) is 11.9. The number of hydrogen-bond donors (Lipinski definition) is 2. The molecule has 6 nitrogen and oxygen atoms in total. The monoisotopic (exact) mass is 360 g/mol. The summed E-state index contributed by atoms with van der Waals surface area (Å²) >= 11 is 5.94. The Labute approximate surface area is 150 Å². The normalized spacial score (nSPS) is 10.0. The Bertz CT molecular complexity index is 820. The molecule has 0 saturated carbocycles. The number of ether oxygens (including phenoxy) is 1. The summed E-state index contributed by atoms with van der Waals surface area (Å²) in [6.45, 7) is 1.56. The van der Waals surface area contributed by atoms with Crippen molar-refractivity contribution in [2.24, 2.45) is 0 Å². The number of carbonyl (C=O) groups is 3. The van der Waals surface area contributed by atoms with Crippen LogP contribution in [0.5, 0.6) is 0 Å². The highest BCUT2D eigenvalue weighted by molar-refractivity contribution is 6.33. The van der Waals surface area contributed by atoms with E-state index in [0.29, 0.717) is 21.8 Å². The van der Waals surface area contributed by atoms with Crippen LogP contribution < -0.4 is 10.6 Å². The quantitative estimate of drug-likeness (QED) is 0.803. The molecule has 2 N–H and O–H groups in total. The topological polar surface area (TPSA) is 84.5 Å². The molecule has 2 rings (SSSR count). The summed E-state index contributed by atoms with van der Waals surface area (Å²) in [6.07, 6.45) is 0. The van der Waals surface area contributed by atoms with Gasteiger partial charge in [-0.15, -0.1) is 0 Å². The molecule has 0 atom stereocenters. The molecule has 0 aliphatic carbocycles. The summed E-state index contributed by atoms with van der Waals surface area (Å²) in [7, 11) is 1.28. The van der Waals surface area contributed by atoms with Crippen molar-refractivity contribution >= 4 is 35.1 Å². The van der Waals surface area contributed by atoms with Gasteiger partial charge in [0.05, 0.1) is 29.8 Å². The van der Waals surface area contributed by atoms with Crippen molar-refractivity contribution in [1.82, 2.24) is 5.32 Å². The molecule has 0 aliphatic heterocycles. The van der Waals surface area contributed by atoms with Crippen LogP contribution in [0.4, 0.5) is 5.69 Å². The number of esters is 1. The van der Waals surface area contributed by atoms with Crippen molar-refractivity contribution in [2.75, 3.05) is 19.0 Å². The zero-order valence-corrected chi connectivity index (χ0v) is 14.5. The predicted octanol–water partition coefficient (Wildman–Crippen LogP) is 2.80. The van der Waals surface area contributed by atoms with Gasteiger partial charge in [0.25, 0.3) is 5.91 Å². The van der Waals surface area contributed by atoms with E-state index in [1.807, 2.05) is 0 Å². The van der Waals surface area contributed by atoms with Crippen LogP contribution in [0.2, 0.25) is 5.02 Å². The van der Waals surface area contributed by atoms with Gasteiger partial charge in [0.2, 0.25) is 5.91 Å². The molecule has 0 saturated heterocycles. The summed E-state index contributed by atoms with van der Waals surface area (Å²) in [5.41, 5.74) is 1.86. The Hall–Kier alpha value is -2.86. The third-order valence-electron chi connectivity index (χ3n) is 3.46. The molecule has 0 aliphatic rings. The smallest absolute Gasteiger partial charge is 0.337 e. The molecule has 0 bridgehead atoms. The van der Waals surface area contributed by atoms with Crippen molar-refractivity contribution in [3.8, 4) is 0 Å². The second kappa shape index (κ2) is 8.30. The number of amides is 2. The molecular formula is C18H17ClN2O4. The number of aryl methyl sites for hydroxylation is 1. The van der Waals surface area contributed by atoms with E-state index in [1.165, 1.54) is 13.2 Å². The zero-order valence-electron chi connectivity index (χ0n) is 13.8. The van der Waals surface area contributed by atoms with Gasteiger partial charge in [0, 0.05) is 5.69 Å². The number of rotatable bonds is 5. The van der Waals surface area contributed by atoms with Crippen LogP contribution in [0.1, 0.15) is 26.3 Å². The largest absolute Gasteiger partial charge is 0.465 e. The molecule has 130 valence electrons. The van der Waals surface area contributed by atoms with E-state index in [-0.39, 0.29) is 6.54 Å². The Kier molecular flexibility index (Phi) is 6.14. The molecule has 0 spiro atoms. The standard InChI is InChI=1S/C18H17ClN2O4/c1-11-7-8-12(18(24)25-2)9-15(11)21-16(22)10-20-17(23)13-5-3-4-6-14(13)19/h3-9H,10H2,1-2H3,(H,20,23)(H,21,22). The van der Waals surface area contributed by atoms with Crippen molar-refractivity contribution in [2.45, 2.75) is 6.92 Å². The van der Waals surface area contributed by atoms with Crippen molar-refractivity contribution in [3.63, 3.8) is 0 Å². The minimum Gasteiger partial charge on any atom is -0.465 e. The Balaban J connectivity index is 2.00. The van der Waals surface area contributed by atoms with Gasteiger partial charge in [-0.25, -0.2) is 4.79 Å². The molecule has 7 heteroatoms. The van der Waals surface area contributed by atoms with E-state index in [9.17, 15) is 14.4 Å². The summed E-state index contributed by atoms with van der Waals surface area (Å²) in [6, 6.07) is 11.4. The number of hydrogen-bond acceptors (Lipinski definition) is 4. The maximum atomic E-state index is 12.1. The van der Waals surface area contributed by atoms with E-state index in [4.69, 9.17) is 11.6 Å². The van der Waals surface area contributed by atoms with E-state index in [0.717, 1.165) is 5.56 Å². The number of carbonyl (C=O) groups excluding carboxylic acids is 3. The van der Waals surface area contributed by atoms with Crippen molar-refractivity contribution in [3.05, 3.63) is 64.2 Å². The third-order valence-corrected chi connectivity index (χ3v) is 3.79. The first-order valence-electron chi connectivity index (χ1n) is 7.44. The van der Waals surface area contributed by atoms with E-state index in [1.54, 1.807) is 43.3 Å². The van der Waals surface area contributed by atoms with Gasteiger partial charge in [-0.3, -0.25) is 9.59 Å². The van der Waals surface area contributed by atoms with Crippen LogP contribution >= 0.6 is 11.6 Å². The summed E-state index contributed by atoms with van der Waals surface area (Å²) in [4.78, 5) is 35.7. The van der Waals surface area contributed by atoms with Crippen LogP contribution in [-0.4, -0.2) is 31.4 Å². The number of methoxy groups -OCH3 is 1. The molecule has 0 aromatic heterocycles. The maximum Gasteiger partial charge on any atom is 0.337 e. The molecule has 2 amide bonds. The molecule has 25 heavy (non-hydrogen) atoms. The molecular weight excluding hydrogens is 344 g/mol. The fourth-order valence-electron chi connectivity index (χ4n) is 2.10. The summed E-state index contributed by atoms with van der Waals surface area (Å²) in [5.74, 6) is -1.37. The van der Waals surface area contributed by atoms with Crippen LogP contribution in [-0.2, 0) is 9.53 Å². The second-order valence-electron chi connectivity index (χ2n) is 5.23. The molecule has 2 aromatic carbocycles. The van der Waals surface area contributed by atoms with Gasteiger partial charge >= 0.3 is 5.97 Å². The van der Waals surface area contributed by atoms with Crippen molar-refractivity contribution in [1.29, 1.82) is 0 Å². The van der Waals surface area contributed by atoms with Crippen LogP contribution in [0.25, 0.3) is 0 Å². The van der Waals surface area contributed by atoms with Gasteiger partial charge in [-0.05, 0) is 36.8 Å². The zero-order chi connectivity index (χ0) is 18.4. The van der Waals surface area contributed by atoms with Gasteiger partial charge in [0.1, 0.15) is 0 Å². The third kappa shape index (κ3) is 4.81. The SMILES string of the molecule is COC(=O)c1ccc(C)c(NC(=O)CNC(=O)c2ccccc2Cl)c1. The summed E-state index contributed by atoms with van der Waals surface area (Å²) in [5, 5.41) is 5.46. The lowest BCUT2D eigenvalue weighted by atomic mass is 10.1. The van der Waals surface area contributed by atoms with Gasteiger partial charge in [0.15, 0.2) is 0 Å². The Morgan fingerprint density at radius 3 is 2.52 bits per heavy atom. The van der Waals surface area contributed by atoms with E-state index >= 15 is 0 Å². The van der Waals surface area contributed by atoms with Crippen LogP contribution in [0.3, 0.4) is 0 Å². The molecule has 0 fully saturated rings. The lowest BCUT2D eigenvalue weighted by molar-refractivity contribution is -0.115. The highest BCUT2D eigenvalue weighted by atomic mass is 35.5. The fourth-order valence-corrected chi connectivity index (χ4v) is 2.32. The van der Waals surface area contributed by atoms with E-state index in [2.05, 4.69) is 15.4 Å². The number of benzene rings is 2. The van der Waals surface area contributed by atoms with Gasteiger partial charge in [-0.2, -0.15) is 0 Å². The maximum absolute atomic E-state index is 12.1. The molecule has 0 heterocycles. The number of anilines is 1. The van der Waals surface area contributed by atoms with Crippen LogP contribution in [0, 0.1) is 6.92 Å². The average Bonchev–Trinajstić information content (AvgIpc) is 2.61. The lowest BCUT2D eigenvalue weighted by Gasteiger charge is -2.11. The van der Waals surface area contributed by atoms with Crippen LogP contribution in [0.15, 0.2) is 42.5 Å². The first kappa shape index (κ1) is 18.5. The Morgan fingerprint density at radius 2 is 1.84 bits per heavy atom. The van der Waals surface area contributed by atoms with Gasteiger partial charge < -0.3 is 15.4 Å². The predicted molar refractivity (Wildman–Crippen MR) is 94.9 cm³/mol. The van der Waals surface area contributed by atoms with E-state index < -0.39 is 17.8 Å². The summed E-state index contributed by atoms with van der Waals surface area (Å²) < 4.78 is 4.65. The highest BCUT2D eigenvalue weighted by Gasteiger charge is 2.13. The lowest BCUT2D eigenvalue weighted by Crippen LogP contribution is -2.33. The van der Waals surface area contributed by atoms with Crippen molar-refractivity contribution < 1.29 is 19.1 Å². The second-order valence-corrected chi connectivity index (χ2v) is 5.64. The Morgan fingerprint density at radius 1 is 1.12 bits per heavy atom. The first-order valence-corrected chi connectivity index (χ1v) is 7.81. The van der Waals surface area contributed by atoms with Gasteiger partial charge in [-0.1, -0.05) is 29.8 Å².